The number of benzene rings is 1. The quantitative estimate of drug-likeness (QED) is 0.833. The second kappa shape index (κ2) is 7.91. The number of aromatic nitrogens is 1. The number of alkyl halides is 3. The van der Waals surface area contributed by atoms with E-state index in [4.69, 9.17) is 4.74 Å². The van der Waals surface area contributed by atoms with E-state index in [1.807, 2.05) is 27.7 Å². The van der Waals surface area contributed by atoms with Crippen molar-refractivity contribution in [1.82, 2.24) is 15.2 Å². The highest BCUT2D eigenvalue weighted by Crippen LogP contribution is 2.36. The number of nitrogens with one attached hydrogen (secondary N) is 1. The highest BCUT2D eigenvalue weighted by molar-refractivity contribution is 6.00. The van der Waals surface area contributed by atoms with Crippen molar-refractivity contribution in [3.05, 3.63) is 41.6 Å². The van der Waals surface area contributed by atoms with Crippen LogP contribution in [-0.4, -0.2) is 53.2 Å². The lowest BCUT2D eigenvalue weighted by molar-refractivity contribution is -0.136. The van der Waals surface area contributed by atoms with Crippen molar-refractivity contribution in [3.63, 3.8) is 0 Å². The second-order valence-corrected chi connectivity index (χ2v) is 8.22. The number of fused-ring (bicyclic) bond motifs is 1. The fourth-order valence-corrected chi connectivity index (χ4v) is 3.79. The van der Waals surface area contributed by atoms with Crippen LogP contribution in [0.3, 0.4) is 0 Å². The van der Waals surface area contributed by atoms with E-state index in [2.05, 4.69) is 15.2 Å². The van der Waals surface area contributed by atoms with Gasteiger partial charge in [-0.25, -0.2) is 0 Å². The molecule has 0 bridgehead atoms. The molecule has 29 heavy (non-hydrogen) atoms. The summed E-state index contributed by atoms with van der Waals surface area (Å²) in [7, 11) is 0. The third kappa shape index (κ3) is 4.70. The van der Waals surface area contributed by atoms with Crippen LogP contribution in [0.5, 0.6) is 0 Å². The minimum Gasteiger partial charge on any atom is -0.373 e. The number of hydrogen-bond donors (Lipinski definition) is 1. The van der Waals surface area contributed by atoms with Gasteiger partial charge in [0.2, 0.25) is 0 Å². The molecule has 1 fully saturated rings. The molecule has 1 amide bonds. The molecular formula is C21H26F3N3O2. The highest BCUT2D eigenvalue weighted by atomic mass is 19.4. The summed E-state index contributed by atoms with van der Waals surface area (Å²) in [6.45, 7) is 9.47. The van der Waals surface area contributed by atoms with E-state index in [1.54, 1.807) is 6.07 Å². The number of nitrogens with zero attached hydrogens (tertiary/aromatic N) is 2. The van der Waals surface area contributed by atoms with Crippen LogP contribution in [0.15, 0.2) is 30.5 Å². The zero-order valence-corrected chi connectivity index (χ0v) is 17.0. The molecule has 5 nitrogen and oxygen atoms in total. The fraction of sp³-hybridized carbons (Fsp3) is 0.524. The molecule has 8 heteroatoms. The number of para-hydroxylation sites is 1. The zero-order valence-electron chi connectivity index (χ0n) is 17.0. The van der Waals surface area contributed by atoms with Crippen molar-refractivity contribution in [1.29, 1.82) is 0 Å². The number of ether oxygens (including phenoxy) is 1. The lowest BCUT2D eigenvalue weighted by Crippen LogP contribution is -2.58. The molecule has 1 aromatic heterocycles. The van der Waals surface area contributed by atoms with E-state index in [-0.39, 0.29) is 29.7 Å². The highest BCUT2D eigenvalue weighted by Gasteiger charge is 2.38. The standard InChI is InChI=1S/C21H26F3N3O2/c1-13-10-27(11-14(2)29-13)20(3,4)12-26-19(28)16-9-25-17-8-6-5-7-15(17)18(16)21(22,23)24/h5-9,13-14H,10-12H2,1-4H3,(H,26,28). The van der Waals surface area contributed by atoms with E-state index < -0.39 is 28.7 Å². The van der Waals surface area contributed by atoms with Crippen LogP contribution in [0.1, 0.15) is 43.6 Å². The molecule has 2 aromatic rings. The Kier molecular flexibility index (Phi) is 5.87. The Bertz CT molecular complexity index is 888. The minimum atomic E-state index is -4.67. The summed E-state index contributed by atoms with van der Waals surface area (Å²) in [6.07, 6.45) is -3.56. The normalized spacial score (nSPS) is 21.3. The van der Waals surface area contributed by atoms with Gasteiger partial charge in [0.15, 0.2) is 0 Å². The number of carbonyl (C=O) groups excluding carboxylic acids is 1. The molecule has 0 radical (unpaired) electrons. The molecule has 1 N–H and O–H groups in total. The molecule has 1 aromatic carbocycles. The maximum atomic E-state index is 13.8. The molecule has 0 spiro atoms. The zero-order chi connectivity index (χ0) is 21.4. The van der Waals surface area contributed by atoms with Gasteiger partial charge in [-0.3, -0.25) is 14.7 Å². The lowest BCUT2D eigenvalue weighted by atomic mass is 9.99. The number of halogens is 3. The molecule has 3 rings (SSSR count). The predicted molar refractivity (Wildman–Crippen MR) is 105 cm³/mol. The van der Waals surface area contributed by atoms with Gasteiger partial charge in [-0.1, -0.05) is 18.2 Å². The largest absolute Gasteiger partial charge is 0.417 e. The Morgan fingerprint density at radius 1 is 1.21 bits per heavy atom. The third-order valence-corrected chi connectivity index (χ3v) is 5.26. The van der Waals surface area contributed by atoms with E-state index in [0.717, 1.165) is 6.20 Å². The van der Waals surface area contributed by atoms with Gasteiger partial charge in [0.25, 0.3) is 5.91 Å². The van der Waals surface area contributed by atoms with Crippen molar-refractivity contribution in [2.75, 3.05) is 19.6 Å². The van der Waals surface area contributed by atoms with Crippen molar-refractivity contribution >= 4 is 16.8 Å². The number of hydrogen-bond acceptors (Lipinski definition) is 4. The molecule has 0 saturated carbocycles. The van der Waals surface area contributed by atoms with Crippen LogP contribution in [-0.2, 0) is 10.9 Å². The van der Waals surface area contributed by atoms with E-state index in [9.17, 15) is 18.0 Å². The van der Waals surface area contributed by atoms with E-state index >= 15 is 0 Å². The SMILES string of the molecule is CC1CN(C(C)(C)CNC(=O)c2cnc3ccccc3c2C(F)(F)F)CC(C)O1. The summed E-state index contributed by atoms with van der Waals surface area (Å²) in [5.41, 5.74) is -1.65. The molecular weight excluding hydrogens is 383 g/mol. The van der Waals surface area contributed by atoms with Crippen molar-refractivity contribution in [3.8, 4) is 0 Å². The molecule has 1 saturated heterocycles. The van der Waals surface area contributed by atoms with Crippen LogP contribution < -0.4 is 5.32 Å². The van der Waals surface area contributed by atoms with E-state index in [1.165, 1.54) is 18.2 Å². The average Bonchev–Trinajstić information content (AvgIpc) is 2.63. The molecule has 2 atom stereocenters. The third-order valence-electron chi connectivity index (χ3n) is 5.26. The number of carbonyl (C=O) groups is 1. The first-order valence-corrected chi connectivity index (χ1v) is 9.62. The Labute approximate surface area is 168 Å². The molecule has 0 aliphatic carbocycles. The first-order chi connectivity index (χ1) is 13.5. The van der Waals surface area contributed by atoms with Gasteiger partial charge < -0.3 is 10.1 Å². The van der Waals surface area contributed by atoms with Gasteiger partial charge in [-0.05, 0) is 33.8 Å². The van der Waals surface area contributed by atoms with Gasteiger partial charge in [-0.15, -0.1) is 0 Å². The van der Waals surface area contributed by atoms with Crippen LogP contribution in [0, 0.1) is 0 Å². The predicted octanol–water partition coefficient (Wildman–Crippen LogP) is 3.87. The number of pyridine rings is 1. The molecule has 2 heterocycles. The maximum absolute atomic E-state index is 13.8. The molecule has 1 aliphatic heterocycles. The van der Waals surface area contributed by atoms with Crippen molar-refractivity contribution in [2.24, 2.45) is 0 Å². The first-order valence-electron chi connectivity index (χ1n) is 9.62. The van der Waals surface area contributed by atoms with Crippen LogP contribution in [0.2, 0.25) is 0 Å². The molecule has 1 aliphatic rings. The van der Waals surface area contributed by atoms with Gasteiger partial charge in [-0.2, -0.15) is 13.2 Å². The Morgan fingerprint density at radius 2 is 1.83 bits per heavy atom. The van der Waals surface area contributed by atoms with Gasteiger partial charge in [0.05, 0.1) is 28.9 Å². The fourth-order valence-electron chi connectivity index (χ4n) is 3.79. The smallest absolute Gasteiger partial charge is 0.373 e. The number of morpholine rings is 1. The molecule has 2 unspecified atom stereocenters. The number of rotatable bonds is 4. The van der Waals surface area contributed by atoms with Gasteiger partial charge >= 0.3 is 6.18 Å². The summed E-state index contributed by atoms with van der Waals surface area (Å²) in [4.78, 5) is 19.0. The van der Waals surface area contributed by atoms with E-state index in [0.29, 0.717) is 13.1 Å². The van der Waals surface area contributed by atoms with Crippen LogP contribution in [0.4, 0.5) is 13.2 Å². The van der Waals surface area contributed by atoms with Crippen molar-refractivity contribution < 1.29 is 22.7 Å². The average molecular weight is 409 g/mol. The van der Waals surface area contributed by atoms with Crippen molar-refractivity contribution in [2.45, 2.75) is 51.6 Å². The summed E-state index contributed by atoms with van der Waals surface area (Å²) in [5, 5.41) is 2.60. The Balaban J connectivity index is 1.83. The topological polar surface area (TPSA) is 54.5 Å². The van der Waals surface area contributed by atoms with Crippen LogP contribution >= 0.6 is 0 Å². The lowest BCUT2D eigenvalue weighted by Gasteiger charge is -2.45. The van der Waals surface area contributed by atoms with Gasteiger partial charge in [0, 0.05) is 36.8 Å². The summed E-state index contributed by atoms with van der Waals surface area (Å²) in [6, 6.07) is 5.95. The second-order valence-electron chi connectivity index (χ2n) is 8.22. The first kappa shape index (κ1) is 21.5. The minimum absolute atomic E-state index is 0.0512. The maximum Gasteiger partial charge on any atom is 0.417 e. The summed E-state index contributed by atoms with van der Waals surface area (Å²) >= 11 is 0. The van der Waals surface area contributed by atoms with Crippen LogP contribution in [0.25, 0.3) is 10.9 Å². The number of amides is 1. The summed E-state index contributed by atoms with van der Waals surface area (Å²) in [5.74, 6) is -0.780. The Hall–Kier alpha value is -2.19. The van der Waals surface area contributed by atoms with Gasteiger partial charge in [0.1, 0.15) is 0 Å². The Morgan fingerprint density at radius 3 is 2.45 bits per heavy atom. The monoisotopic (exact) mass is 409 g/mol. The summed E-state index contributed by atoms with van der Waals surface area (Å²) < 4.78 is 47.0. The molecule has 158 valence electrons.